The molecule has 0 spiro atoms. The van der Waals surface area contributed by atoms with Crippen LogP contribution in [0.25, 0.3) is 0 Å². The Kier molecular flexibility index (Phi) is 5.86. The van der Waals surface area contributed by atoms with Crippen LogP contribution in [0.5, 0.6) is 5.75 Å². The maximum absolute atomic E-state index is 6.15. The number of benzene rings is 1. The Hall–Kier alpha value is -1.02. The summed E-state index contributed by atoms with van der Waals surface area (Å²) in [6.07, 6.45) is 2.46. The van der Waals surface area contributed by atoms with Crippen molar-refractivity contribution in [3.05, 3.63) is 29.3 Å². The first-order valence-electron chi connectivity index (χ1n) is 7.30. The van der Waals surface area contributed by atoms with Crippen molar-refractivity contribution in [3.8, 4) is 5.75 Å². The molecule has 0 amide bonds. The molecular formula is C17H29NO. The Morgan fingerprint density at radius 2 is 1.68 bits per heavy atom. The highest BCUT2D eigenvalue weighted by molar-refractivity contribution is 5.33. The highest BCUT2D eigenvalue weighted by atomic mass is 16.5. The third-order valence-electron chi connectivity index (χ3n) is 2.97. The van der Waals surface area contributed by atoms with Crippen molar-refractivity contribution in [1.82, 2.24) is 5.32 Å². The van der Waals surface area contributed by atoms with Gasteiger partial charge in [0.2, 0.25) is 0 Å². The summed E-state index contributed by atoms with van der Waals surface area (Å²) < 4.78 is 6.15. The van der Waals surface area contributed by atoms with Gasteiger partial charge >= 0.3 is 0 Å². The molecule has 1 aromatic rings. The molecule has 19 heavy (non-hydrogen) atoms. The molecule has 0 saturated carbocycles. The summed E-state index contributed by atoms with van der Waals surface area (Å²) in [5.41, 5.74) is 2.65. The van der Waals surface area contributed by atoms with Crippen molar-refractivity contribution in [2.45, 2.75) is 66.0 Å². The van der Waals surface area contributed by atoms with Crippen molar-refractivity contribution in [2.75, 3.05) is 6.54 Å². The maximum Gasteiger partial charge on any atom is 0.120 e. The molecule has 1 atom stereocenters. The predicted octanol–water partition coefficient (Wildman–Crippen LogP) is 4.24. The van der Waals surface area contributed by atoms with Crippen molar-refractivity contribution >= 4 is 0 Å². The van der Waals surface area contributed by atoms with Crippen molar-refractivity contribution < 1.29 is 4.74 Å². The summed E-state index contributed by atoms with van der Waals surface area (Å²) in [5.74, 6) is 0.992. The maximum atomic E-state index is 6.15. The molecule has 2 nitrogen and oxygen atoms in total. The molecule has 1 unspecified atom stereocenters. The lowest BCUT2D eigenvalue weighted by Gasteiger charge is -2.26. The molecular weight excluding hydrogens is 234 g/mol. The van der Waals surface area contributed by atoms with Crippen LogP contribution in [-0.2, 0) is 0 Å². The molecule has 0 fully saturated rings. The molecule has 0 radical (unpaired) electrons. The standard InChI is InChI=1S/C17H29NO/c1-7-8-15(12-18-17(4,5)6)19-16-10-13(2)9-14(3)11-16/h9-11,15,18H,7-8,12H2,1-6H3. The van der Waals surface area contributed by atoms with Gasteiger partial charge in [-0.15, -0.1) is 0 Å². The van der Waals surface area contributed by atoms with Crippen LogP contribution in [0.1, 0.15) is 51.7 Å². The van der Waals surface area contributed by atoms with Crippen molar-refractivity contribution in [2.24, 2.45) is 0 Å². The van der Waals surface area contributed by atoms with E-state index in [4.69, 9.17) is 4.74 Å². The van der Waals surface area contributed by atoms with Gasteiger partial charge in [0, 0.05) is 12.1 Å². The quantitative estimate of drug-likeness (QED) is 0.829. The van der Waals surface area contributed by atoms with Crippen LogP contribution in [0.15, 0.2) is 18.2 Å². The zero-order chi connectivity index (χ0) is 14.5. The van der Waals surface area contributed by atoms with E-state index in [9.17, 15) is 0 Å². The van der Waals surface area contributed by atoms with Gasteiger partial charge in [-0.3, -0.25) is 0 Å². The summed E-state index contributed by atoms with van der Waals surface area (Å²) in [6, 6.07) is 6.41. The second-order valence-electron chi connectivity index (χ2n) is 6.48. The third kappa shape index (κ3) is 6.63. The molecule has 0 aromatic heterocycles. The molecule has 0 aliphatic carbocycles. The number of rotatable bonds is 6. The molecule has 0 aliphatic heterocycles. The van der Waals surface area contributed by atoms with E-state index < -0.39 is 0 Å². The normalized spacial score (nSPS) is 13.4. The second kappa shape index (κ2) is 6.95. The van der Waals surface area contributed by atoms with Gasteiger partial charge in [-0.25, -0.2) is 0 Å². The first kappa shape index (κ1) is 16.0. The van der Waals surface area contributed by atoms with E-state index in [1.165, 1.54) is 11.1 Å². The van der Waals surface area contributed by atoms with Crippen LogP contribution in [0.2, 0.25) is 0 Å². The van der Waals surface area contributed by atoms with E-state index in [2.05, 4.69) is 65.1 Å². The van der Waals surface area contributed by atoms with Crippen molar-refractivity contribution in [1.29, 1.82) is 0 Å². The van der Waals surface area contributed by atoms with Crippen LogP contribution in [0.3, 0.4) is 0 Å². The van der Waals surface area contributed by atoms with E-state index in [-0.39, 0.29) is 11.6 Å². The second-order valence-corrected chi connectivity index (χ2v) is 6.48. The Bertz CT molecular complexity index is 372. The van der Waals surface area contributed by atoms with Gasteiger partial charge in [-0.05, 0) is 64.3 Å². The van der Waals surface area contributed by atoms with E-state index in [0.29, 0.717) is 0 Å². The minimum absolute atomic E-state index is 0.137. The SMILES string of the molecule is CCCC(CNC(C)(C)C)Oc1cc(C)cc(C)c1. The van der Waals surface area contributed by atoms with E-state index in [1.54, 1.807) is 0 Å². The molecule has 1 rings (SSSR count). The van der Waals surface area contributed by atoms with Gasteiger partial charge < -0.3 is 10.1 Å². The van der Waals surface area contributed by atoms with Gasteiger partial charge in [-0.2, -0.15) is 0 Å². The van der Waals surface area contributed by atoms with Gasteiger partial charge in [0.1, 0.15) is 11.9 Å². The smallest absolute Gasteiger partial charge is 0.120 e. The van der Waals surface area contributed by atoms with Gasteiger partial charge in [0.05, 0.1) is 0 Å². The number of hydrogen-bond donors (Lipinski definition) is 1. The molecule has 0 bridgehead atoms. The monoisotopic (exact) mass is 263 g/mol. The van der Waals surface area contributed by atoms with Gasteiger partial charge in [0.25, 0.3) is 0 Å². The van der Waals surface area contributed by atoms with Crippen LogP contribution in [0.4, 0.5) is 0 Å². The number of ether oxygens (including phenoxy) is 1. The fourth-order valence-electron chi connectivity index (χ4n) is 2.14. The van der Waals surface area contributed by atoms with Crippen LogP contribution in [0, 0.1) is 13.8 Å². The Balaban J connectivity index is 2.66. The number of hydrogen-bond acceptors (Lipinski definition) is 2. The van der Waals surface area contributed by atoms with Crippen LogP contribution < -0.4 is 10.1 Å². The molecule has 0 aliphatic rings. The number of aryl methyl sites for hydroxylation is 2. The lowest BCUT2D eigenvalue weighted by atomic mass is 10.1. The summed E-state index contributed by atoms with van der Waals surface area (Å²) in [5, 5.41) is 3.53. The topological polar surface area (TPSA) is 21.3 Å². The minimum atomic E-state index is 0.137. The zero-order valence-electron chi connectivity index (χ0n) is 13.3. The molecule has 1 aromatic carbocycles. The average Bonchev–Trinajstić information content (AvgIpc) is 2.23. The fraction of sp³-hybridized carbons (Fsp3) is 0.647. The van der Waals surface area contributed by atoms with Gasteiger partial charge in [-0.1, -0.05) is 19.4 Å². The van der Waals surface area contributed by atoms with Crippen molar-refractivity contribution in [3.63, 3.8) is 0 Å². The first-order chi connectivity index (χ1) is 8.80. The zero-order valence-corrected chi connectivity index (χ0v) is 13.3. The van der Waals surface area contributed by atoms with E-state index in [1.807, 2.05) is 0 Å². The molecule has 2 heteroatoms. The molecule has 0 heterocycles. The Morgan fingerprint density at radius 3 is 2.16 bits per heavy atom. The third-order valence-corrected chi connectivity index (χ3v) is 2.97. The molecule has 0 saturated heterocycles. The highest BCUT2D eigenvalue weighted by Crippen LogP contribution is 2.19. The lowest BCUT2D eigenvalue weighted by Crippen LogP contribution is -2.42. The minimum Gasteiger partial charge on any atom is -0.489 e. The van der Waals surface area contributed by atoms with Gasteiger partial charge in [0.15, 0.2) is 0 Å². The van der Waals surface area contributed by atoms with E-state index >= 15 is 0 Å². The van der Waals surface area contributed by atoms with Crippen LogP contribution in [-0.4, -0.2) is 18.2 Å². The summed E-state index contributed by atoms with van der Waals surface area (Å²) in [4.78, 5) is 0. The Morgan fingerprint density at radius 1 is 1.11 bits per heavy atom. The first-order valence-corrected chi connectivity index (χ1v) is 7.30. The number of nitrogens with one attached hydrogen (secondary N) is 1. The van der Waals surface area contributed by atoms with Crippen LogP contribution >= 0.6 is 0 Å². The average molecular weight is 263 g/mol. The Labute approximate surface area is 118 Å². The summed E-state index contributed by atoms with van der Waals surface area (Å²) in [6.45, 7) is 13.9. The lowest BCUT2D eigenvalue weighted by molar-refractivity contribution is 0.175. The fourth-order valence-corrected chi connectivity index (χ4v) is 2.14. The molecule has 1 N–H and O–H groups in total. The predicted molar refractivity (Wildman–Crippen MR) is 83.0 cm³/mol. The van der Waals surface area contributed by atoms with E-state index in [0.717, 1.165) is 25.1 Å². The largest absolute Gasteiger partial charge is 0.489 e. The highest BCUT2D eigenvalue weighted by Gasteiger charge is 2.15. The molecule has 108 valence electrons. The summed E-state index contributed by atoms with van der Waals surface area (Å²) in [7, 11) is 0. The summed E-state index contributed by atoms with van der Waals surface area (Å²) >= 11 is 0.